The number of nitrogen functional groups attached to an aromatic ring is 1. The fraction of sp³-hybridized carbons (Fsp3) is 0.214. The fourth-order valence-electron chi connectivity index (χ4n) is 1.55. The van der Waals surface area contributed by atoms with Gasteiger partial charge in [-0.25, -0.2) is 0 Å². The predicted molar refractivity (Wildman–Crippen MR) is 84.0 cm³/mol. The van der Waals surface area contributed by atoms with Gasteiger partial charge in [0, 0.05) is 5.02 Å². The molecule has 0 fully saturated rings. The van der Waals surface area contributed by atoms with Crippen LogP contribution in [0.2, 0.25) is 5.02 Å². The highest BCUT2D eigenvalue weighted by molar-refractivity contribution is 7.99. The Morgan fingerprint density at radius 1 is 1.50 bits per heavy atom. The maximum atomic E-state index is 12.1. The van der Waals surface area contributed by atoms with Crippen LogP contribution in [0.4, 0.5) is 11.4 Å². The van der Waals surface area contributed by atoms with Crippen molar-refractivity contribution in [1.29, 1.82) is 0 Å². The van der Waals surface area contributed by atoms with Crippen LogP contribution < -0.4 is 11.1 Å². The molecule has 2 aromatic rings. The second kappa shape index (κ2) is 6.72. The average Bonchev–Trinajstić information content (AvgIpc) is 2.93. The molecule has 1 atom stereocenters. The average molecular weight is 311 g/mol. The lowest BCUT2D eigenvalue weighted by molar-refractivity contribution is -0.115. The van der Waals surface area contributed by atoms with Gasteiger partial charge in [-0.05, 0) is 37.3 Å². The minimum atomic E-state index is -0.224. The molecule has 106 valence electrons. The minimum Gasteiger partial charge on any atom is -0.468 e. The Hall–Kier alpha value is -1.59. The van der Waals surface area contributed by atoms with Crippen molar-refractivity contribution in [2.24, 2.45) is 0 Å². The minimum absolute atomic E-state index is 0.115. The molecule has 20 heavy (non-hydrogen) atoms. The third kappa shape index (κ3) is 3.95. The highest BCUT2D eigenvalue weighted by atomic mass is 35.5. The zero-order valence-corrected chi connectivity index (χ0v) is 12.5. The zero-order chi connectivity index (χ0) is 14.5. The number of carbonyl (C=O) groups excluding carboxylic acids is 1. The molecule has 4 nitrogen and oxygen atoms in total. The van der Waals surface area contributed by atoms with Crippen molar-refractivity contribution in [3.63, 3.8) is 0 Å². The van der Waals surface area contributed by atoms with E-state index in [1.165, 1.54) is 11.8 Å². The number of hydrogen-bond acceptors (Lipinski definition) is 4. The molecule has 3 N–H and O–H groups in total. The van der Waals surface area contributed by atoms with Crippen LogP contribution in [0.5, 0.6) is 0 Å². The number of carbonyl (C=O) groups is 1. The number of furan rings is 1. The van der Waals surface area contributed by atoms with Crippen molar-refractivity contribution in [3.8, 4) is 0 Å². The topological polar surface area (TPSA) is 68.3 Å². The van der Waals surface area contributed by atoms with Gasteiger partial charge in [0.2, 0.25) is 5.91 Å². The molecule has 1 aromatic carbocycles. The summed E-state index contributed by atoms with van der Waals surface area (Å²) in [5.74, 6) is 1.37. The Morgan fingerprint density at radius 2 is 2.30 bits per heavy atom. The number of halogens is 1. The molecule has 0 aliphatic carbocycles. The van der Waals surface area contributed by atoms with Gasteiger partial charge in [-0.1, -0.05) is 11.6 Å². The smallest absolute Gasteiger partial charge is 0.237 e. The van der Waals surface area contributed by atoms with Crippen LogP contribution in [0.3, 0.4) is 0 Å². The number of benzene rings is 1. The van der Waals surface area contributed by atoms with E-state index in [-0.39, 0.29) is 11.2 Å². The first-order chi connectivity index (χ1) is 9.56. The van der Waals surface area contributed by atoms with E-state index in [1.807, 2.05) is 19.1 Å². The van der Waals surface area contributed by atoms with E-state index in [0.717, 1.165) is 5.76 Å². The summed E-state index contributed by atoms with van der Waals surface area (Å²) in [7, 11) is 0. The lowest BCUT2D eigenvalue weighted by atomic mass is 10.2. The highest BCUT2D eigenvalue weighted by Gasteiger charge is 2.15. The van der Waals surface area contributed by atoms with Gasteiger partial charge < -0.3 is 15.5 Å². The normalized spacial score (nSPS) is 12.1. The fourth-order valence-corrected chi connectivity index (χ4v) is 2.51. The van der Waals surface area contributed by atoms with Gasteiger partial charge in [-0.2, -0.15) is 0 Å². The Kier molecular flexibility index (Phi) is 4.98. The SMILES string of the molecule is CC(SCc1ccco1)C(=O)Nc1cc(Cl)ccc1N. The first-order valence-corrected chi connectivity index (χ1v) is 7.49. The Balaban J connectivity index is 1.92. The van der Waals surface area contributed by atoms with Gasteiger partial charge >= 0.3 is 0 Å². The quantitative estimate of drug-likeness (QED) is 0.825. The molecular formula is C14H15ClN2O2S. The zero-order valence-electron chi connectivity index (χ0n) is 10.9. The number of rotatable bonds is 5. The molecule has 0 saturated heterocycles. The molecule has 0 radical (unpaired) electrons. The lowest BCUT2D eigenvalue weighted by Gasteiger charge is -2.13. The third-order valence-electron chi connectivity index (χ3n) is 2.70. The third-order valence-corrected chi connectivity index (χ3v) is 4.10. The highest BCUT2D eigenvalue weighted by Crippen LogP contribution is 2.25. The van der Waals surface area contributed by atoms with E-state index in [2.05, 4.69) is 5.32 Å². The maximum absolute atomic E-state index is 12.1. The van der Waals surface area contributed by atoms with Gasteiger partial charge in [-0.3, -0.25) is 4.79 Å². The maximum Gasteiger partial charge on any atom is 0.237 e. The number of hydrogen-bond donors (Lipinski definition) is 2. The number of thioether (sulfide) groups is 1. The second-order valence-corrected chi connectivity index (χ2v) is 6.02. The van der Waals surface area contributed by atoms with Crippen LogP contribution in [0.25, 0.3) is 0 Å². The van der Waals surface area contributed by atoms with Gasteiger partial charge in [-0.15, -0.1) is 11.8 Å². The van der Waals surface area contributed by atoms with Crippen molar-refractivity contribution in [3.05, 3.63) is 47.4 Å². The molecule has 6 heteroatoms. The van der Waals surface area contributed by atoms with E-state index in [9.17, 15) is 4.79 Å². The van der Waals surface area contributed by atoms with E-state index < -0.39 is 0 Å². The van der Waals surface area contributed by atoms with Gasteiger partial charge in [0.25, 0.3) is 0 Å². The molecule has 1 aromatic heterocycles. The Labute approximate surface area is 126 Å². The summed E-state index contributed by atoms with van der Waals surface area (Å²) in [5.41, 5.74) is 6.82. The van der Waals surface area contributed by atoms with Gasteiger partial charge in [0.15, 0.2) is 0 Å². The first kappa shape index (κ1) is 14.8. The van der Waals surface area contributed by atoms with Crippen molar-refractivity contribution in [2.45, 2.75) is 17.9 Å². The van der Waals surface area contributed by atoms with E-state index in [1.54, 1.807) is 24.5 Å². The molecule has 0 saturated carbocycles. The largest absolute Gasteiger partial charge is 0.468 e. The number of nitrogens with one attached hydrogen (secondary N) is 1. The first-order valence-electron chi connectivity index (χ1n) is 6.06. The Bertz CT molecular complexity index is 587. The summed E-state index contributed by atoms with van der Waals surface area (Å²) >= 11 is 7.38. The molecule has 1 heterocycles. The van der Waals surface area contributed by atoms with Gasteiger partial charge in [0.05, 0.1) is 28.6 Å². The standard InChI is InChI=1S/C14H15ClN2O2S/c1-9(20-8-11-3-2-6-19-11)14(18)17-13-7-10(15)4-5-12(13)16/h2-7,9H,8,16H2,1H3,(H,17,18). The summed E-state index contributed by atoms with van der Waals surface area (Å²) in [6.45, 7) is 1.84. The summed E-state index contributed by atoms with van der Waals surface area (Å²) in [5, 5.41) is 3.09. The Morgan fingerprint density at radius 3 is 3.00 bits per heavy atom. The summed E-state index contributed by atoms with van der Waals surface area (Å²) in [6, 6.07) is 8.69. The monoisotopic (exact) mass is 310 g/mol. The number of amides is 1. The van der Waals surface area contributed by atoms with Crippen LogP contribution in [0.1, 0.15) is 12.7 Å². The van der Waals surface area contributed by atoms with E-state index in [0.29, 0.717) is 22.2 Å². The number of nitrogens with two attached hydrogens (primary N) is 1. The van der Waals surface area contributed by atoms with E-state index >= 15 is 0 Å². The predicted octanol–water partition coefficient (Wildman–Crippen LogP) is 3.78. The van der Waals surface area contributed by atoms with Crippen LogP contribution in [-0.2, 0) is 10.5 Å². The summed E-state index contributed by atoms with van der Waals surface area (Å²) in [6.07, 6.45) is 1.62. The molecule has 1 unspecified atom stereocenters. The number of anilines is 2. The van der Waals surface area contributed by atoms with Crippen LogP contribution in [-0.4, -0.2) is 11.2 Å². The van der Waals surface area contributed by atoms with Crippen molar-refractivity contribution < 1.29 is 9.21 Å². The van der Waals surface area contributed by atoms with Crippen molar-refractivity contribution >= 4 is 40.6 Å². The molecule has 0 aliphatic heterocycles. The van der Waals surface area contributed by atoms with E-state index in [4.69, 9.17) is 21.8 Å². The van der Waals surface area contributed by atoms with Gasteiger partial charge in [0.1, 0.15) is 5.76 Å². The summed E-state index contributed by atoms with van der Waals surface area (Å²) < 4.78 is 5.23. The molecule has 1 amide bonds. The van der Waals surface area contributed by atoms with Crippen molar-refractivity contribution in [1.82, 2.24) is 0 Å². The van der Waals surface area contributed by atoms with Crippen LogP contribution >= 0.6 is 23.4 Å². The molecule has 0 bridgehead atoms. The second-order valence-electron chi connectivity index (χ2n) is 4.25. The van der Waals surface area contributed by atoms with Crippen LogP contribution in [0, 0.1) is 0 Å². The summed E-state index contributed by atoms with van der Waals surface area (Å²) in [4.78, 5) is 12.1. The molecule has 0 spiro atoms. The molecule has 2 rings (SSSR count). The van der Waals surface area contributed by atoms with Crippen LogP contribution in [0.15, 0.2) is 41.0 Å². The lowest BCUT2D eigenvalue weighted by Crippen LogP contribution is -2.23. The molecule has 0 aliphatic rings. The molecular weight excluding hydrogens is 296 g/mol. The van der Waals surface area contributed by atoms with Crippen molar-refractivity contribution in [2.75, 3.05) is 11.1 Å².